The zero-order chi connectivity index (χ0) is 13.2. The van der Waals surface area contributed by atoms with E-state index in [4.69, 9.17) is 10.8 Å². The van der Waals surface area contributed by atoms with Crippen molar-refractivity contribution in [2.45, 2.75) is 18.9 Å². The van der Waals surface area contributed by atoms with Crippen LogP contribution in [-0.2, 0) is 4.79 Å². The maximum absolute atomic E-state index is 13.2. The lowest BCUT2D eigenvalue weighted by Gasteiger charge is -2.13. The van der Waals surface area contributed by atoms with E-state index < -0.39 is 47.3 Å². The monoisotopic (exact) mass is 251 g/mol. The number of rotatable bonds is 4. The molecular weight excluding hydrogens is 242 g/mol. The lowest BCUT2D eigenvalue weighted by molar-refractivity contribution is -0.137. The van der Waals surface area contributed by atoms with Gasteiger partial charge in [0.1, 0.15) is 0 Å². The number of benzene rings is 1. The van der Waals surface area contributed by atoms with Crippen molar-refractivity contribution in [3.05, 3.63) is 34.9 Å². The average Bonchev–Trinajstić information content (AvgIpc) is 2.24. The molecule has 3 nitrogen and oxygen atoms in total. The largest absolute Gasteiger partial charge is 0.481 e. The van der Waals surface area contributed by atoms with Crippen LogP contribution < -0.4 is 5.73 Å². The van der Waals surface area contributed by atoms with Crippen molar-refractivity contribution >= 4 is 5.97 Å². The molecule has 94 valence electrons. The van der Waals surface area contributed by atoms with Gasteiger partial charge in [0.2, 0.25) is 0 Å². The second-order valence-electron chi connectivity index (χ2n) is 3.42. The van der Waals surface area contributed by atoms with Crippen LogP contribution in [0.25, 0.3) is 0 Å². The molecule has 0 aliphatic heterocycles. The number of hydrogen-bond donors (Lipinski definition) is 2. The molecule has 1 aromatic rings. The van der Waals surface area contributed by atoms with Gasteiger partial charge in [-0.05, 0) is 6.42 Å². The predicted octanol–water partition coefficient (Wildman–Crippen LogP) is 2.11. The molecule has 0 aromatic heterocycles. The molecule has 1 unspecified atom stereocenters. The first-order valence-corrected chi connectivity index (χ1v) is 4.64. The van der Waals surface area contributed by atoms with Gasteiger partial charge < -0.3 is 10.8 Å². The van der Waals surface area contributed by atoms with E-state index in [0.29, 0.717) is 0 Å². The number of carboxylic acids is 1. The molecule has 7 heteroatoms. The highest BCUT2D eigenvalue weighted by Crippen LogP contribution is 2.26. The number of hydrogen-bond acceptors (Lipinski definition) is 2. The second kappa shape index (κ2) is 5.13. The zero-order valence-electron chi connectivity index (χ0n) is 8.51. The molecule has 0 radical (unpaired) electrons. The van der Waals surface area contributed by atoms with E-state index in [-0.39, 0.29) is 12.5 Å². The molecule has 0 bridgehead atoms. The Labute approximate surface area is 93.8 Å². The lowest BCUT2D eigenvalue weighted by Crippen LogP contribution is -2.17. The maximum atomic E-state index is 13.2. The van der Waals surface area contributed by atoms with E-state index in [0.717, 1.165) is 0 Å². The fourth-order valence-corrected chi connectivity index (χ4v) is 1.34. The fraction of sp³-hybridized carbons (Fsp3) is 0.300. The average molecular weight is 251 g/mol. The summed E-state index contributed by atoms with van der Waals surface area (Å²) in [4.78, 5) is 10.2. The van der Waals surface area contributed by atoms with Crippen molar-refractivity contribution in [1.29, 1.82) is 0 Å². The van der Waals surface area contributed by atoms with E-state index in [9.17, 15) is 22.4 Å². The molecule has 0 aliphatic carbocycles. The smallest absolute Gasteiger partial charge is 0.303 e. The van der Waals surface area contributed by atoms with E-state index in [1.54, 1.807) is 0 Å². The molecule has 0 aliphatic rings. The number of aliphatic carboxylic acids is 1. The minimum Gasteiger partial charge on any atom is -0.481 e. The summed E-state index contributed by atoms with van der Waals surface area (Å²) in [5.74, 6) is -7.55. The van der Waals surface area contributed by atoms with E-state index in [1.165, 1.54) is 0 Å². The summed E-state index contributed by atoms with van der Waals surface area (Å²) >= 11 is 0. The molecular formula is C10H9F4NO2. The topological polar surface area (TPSA) is 63.3 Å². The number of carboxylic acid groups (broad SMARTS) is 1. The molecule has 0 fully saturated rings. The summed E-state index contributed by atoms with van der Waals surface area (Å²) in [6, 6.07) is -1.35. The van der Waals surface area contributed by atoms with Gasteiger partial charge in [0.25, 0.3) is 0 Å². The van der Waals surface area contributed by atoms with E-state index in [2.05, 4.69) is 0 Å². The Morgan fingerprint density at radius 2 is 1.71 bits per heavy atom. The molecule has 17 heavy (non-hydrogen) atoms. The van der Waals surface area contributed by atoms with Crippen LogP contribution in [0.1, 0.15) is 24.4 Å². The standard InChI is InChI=1S/C10H9F4NO2/c11-4-3-5(12)10(14)8(9(4)13)6(15)1-2-7(16)17/h3,6H,1-2,15H2,(H,16,17). The Balaban J connectivity index is 3.07. The molecule has 1 aromatic carbocycles. The molecule has 0 heterocycles. The van der Waals surface area contributed by atoms with Crippen LogP contribution in [0, 0.1) is 23.3 Å². The first kappa shape index (κ1) is 13.4. The fourth-order valence-electron chi connectivity index (χ4n) is 1.34. The zero-order valence-corrected chi connectivity index (χ0v) is 8.51. The van der Waals surface area contributed by atoms with Crippen LogP contribution in [0.3, 0.4) is 0 Å². The molecule has 0 saturated carbocycles. The number of halogens is 4. The second-order valence-corrected chi connectivity index (χ2v) is 3.42. The summed E-state index contributed by atoms with van der Waals surface area (Å²) in [5.41, 5.74) is 4.34. The van der Waals surface area contributed by atoms with Gasteiger partial charge in [0, 0.05) is 24.1 Å². The minimum atomic E-state index is -1.60. The molecule has 0 saturated heterocycles. The summed E-state index contributed by atoms with van der Waals surface area (Å²) < 4.78 is 52.1. The van der Waals surface area contributed by atoms with Gasteiger partial charge in [0.15, 0.2) is 23.3 Å². The SMILES string of the molecule is NC(CCC(=O)O)c1c(F)c(F)cc(F)c1F. The Morgan fingerprint density at radius 3 is 2.12 bits per heavy atom. The Kier molecular flexibility index (Phi) is 4.06. The van der Waals surface area contributed by atoms with Crippen LogP contribution in [-0.4, -0.2) is 11.1 Å². The highest BCUT2D eigenvalue weighted by molar-refractivity contribution is 5.66. The van der Waals surface area contributed by atoms with Gasteiger partial charge in [-0.15, -0.1) is 0 Å². The Morgan fingerprint density at radius 1 is 1.24 bits per heavy atom. The van der Waals surface area contributed by atoms with Crippen LogP contribution in [0.5, 0.6) is 0 Å². The molecule has 0 spiro atoms. The van der Waals surface area contributed by atoms with Crippen LogP contribution in [0.2, 0.25) is 0 Å². The summed E-state index contributed by atoms with van der Waals surface area (Å²) in [5, 5.41) is 8.37. The Bertz CT molecular complexity index is 424. The van der Waals surface area contributed by atoms with E-state index in [1.807, 2.05) is 0 Å². The third-order valence-corrected chi connectivity index (χ3v) is 2.19. The van der Waals surface area contributed by atoms with Crippen LogP contribution in [0.4, 0.5) is 17.6 Å². The van der Waals surface area contributed by atoms with Crippen molar-refractivity contribution in [3.63, 3.8) is 0 Å². The van der Waals surface area contributed by atoms with E-state index >= 15 is 0 Å². The first-order valence-electron chi connectivity index (χ1n) is 4.64. The highest BCUT2D eigenvalue weighted by Gasteiger charge is 2.24. The summed E-state index contributed by atoms with van der Waals surface area (Å²) in [7, 11) is 0. The van der Waals surface area contributed by atoms with Gasteiger partial charge >= 0.3 is 5.97 Å². The van der Waals surface area contributed by atoms with Gasteiger partial charge in [-0.3, -0.25) is 4.79 Å². The highest BCUT2D eigenvalue weighted by atomic mass is 19.2. The van der Waals surface area contributed by atoms with Gasteiger partial charge in [-0.2, -0.15) is 0 Å². The van der Waals surface area contributed by atoms with Gasteiger partial charge in [-0.25, -0.2) is 17.6 Å². The van der Waals surface area contributed by atoms with Gasteiger partial charge in [0.05, 0.1) is 0 Å². The third-order valence-electron chi connectivity index (χ3n) is 2.19. The van der Waals surface area contributed by atoms with Crippen LogP contribution >= 0.6 is 0 Å². The predicted molar refractivity (Wildman–Crippen MR) is 50.1 cm³/mol. The first-order chi connectivity index (χ1) is 7.84. The molecule has 1 rings (SSSR count). The van der Waals surface area contributed by atoms with Crippen LogP contribution in [0.15, 0.2) is 6.07 Å². The molecule has 0 amide bonds. The molecule has 3 N–H and O–H groups in total. The van der Waals surface area contributed by atoms with Crippen molar-refractivity contribution < 1.29 is 27.5 Å². The van der Waals surface area contributed by atoms with Crippen molar-refractivity contribution in [1.82, 2.24) is 0 Å². The number of carbonyl (C=O) groups is 1. The number of nitrogens with two attached hydrogens (primary N) is 1. The Hall–Kier alpha value is -1.63. The lowest BCUT2D eigenvalue weighted by atomic mass is 10.0. The normalized spacial score (nSPS) is 12.5. The summed E-state index contributed by atoms with van der Waals surface area (Å²) in [6.07, 6.45) is -0.787. The van der Waals surface area contributed by atoms with Gasteiger partial charge in [-0.1, -0.05) is 0 Å². The van der Waals surface area contributed by atoms with Crippen molar-refractivity contribution in [2.75, 3.05) is 0 Å². The maximum Gasteiger partial charge on any atom is 0.303 e. The van der Waals surface area contributed by atoms with Crippen molar-refractivity contribution in [3.8, 4) is 0 Å². The summed E-state index contributed by atoms with van der Waals surface area (Å²) in [6.45, 7) is 0. The minimum absolute atomic E-state index is 0.0675. The van der Waals surface area contributed by atoms with Crippen molar-refractivity contribution in [2.24, 2.45) is 5.73 Å². The molecule has 1 atom stereocenters. The third kappa shape index (κ3) is 2.94. The quantitative estimate of drug-likeness (QED) is 0.636.